The van der Waals surface area contributed by atoms with E-state index in [1.165, 1.54) is 17.1 Å². The van der Waals surface area contributed by atoms with Gasteiger partial charge in [-0.1, -0.05) is 0 Å². The number of aromatic carboxylic acids is 1. The summed E-state index contributed by atoms with van der Waals surface area (Å²) < 4.78 is 6.76. The second kappa shape index (κ2) is 5.71. The fourth-order valence-corrected chi connectivity index (χ4v) is 1.81. The van der Waals surface area contributed by atoms with Crippen LogP contribution in [-0.2, 0) is 13.7 Å². The van der Waals surface area contributed by atoms with E-state index in [4.69, 9.17) is 9.84 Å². The summed E-state index contributed by atoms with van der Waals surface area (Å²) in [4.78, 5) is 26.4. The van der Waals surface area contributed by atoms with Gasteiger partial charge in [-0.15, -0.1) is 5.10 Å². The van der Waals surface area contributed by atoms with Crippen molar-refractivity contribution >= 4 is 12.3 Å². The largest absolute Gasteiger partial charge is 0.477 e. The zero-order valence-electron chi connectivity index (χ0n) is 11.4. The number of rotatable bonds is 5. The molecule has 110 valence electrons. The maximum Gasteiger partial charge on any atom is 0.342 e. The van der Waals surface area contributed by atoms with Crippen molar-refractivity contribution < 1.29 is 24.5 Å². The standard InChI is InChI=1S/C13H13N3O5/c1-7-11(10(6-18)8(5-17)3-14-7)21-12-9(13(19)20)4-16(2)15-12/h3-4,6,17H,5H2,1-2H3,(H,19,20). The third-order valence-electron chi connectivity index (χ3n) is 2.85. The summed E-state index contributed by atoms with van der Waals surface area (Å²) in [6, 6.07) is 0. The molecule has 0 bridgehead atoms. The summed E-state index contributed by atoms with van der Waals surface area (Å²) in [7, 11) is 1.55. The topological polar surface area (TPSA) is 115 Å². The first-order valence-electron chi connectivity index (χ1n) is 5.97. The minimum atomic E-state index is -1.20. The second-order valence-electron chi connectivity index (χ2n) is 4.32. The van der Waals surface area contributed by atoms with Crippen molar-refractivity contribution in [1.29, 1.82) is 0 Å². The van der Waals surface area contributed by atoms with Crippen LogP contribution in [-0.4, -0.2) is 37.2 Å². The van der Waals surface area contributed by atoms with E-state index in [1.54, 1.807) is 14.0 Å². The van der Waals surface area contributed by atoms with Gasteiger partial charge in [-0.05, 0) is 6.92 Å². The van der Waals surface area contributed by atoms with E-state index in [0.29, 0.717) is 17.5 Å². The lowest BCUT2D eigenvalue weighted by atomic mass is 10.1. The third-order valence-corrected chi connectivity index (χ3v) is 2.85. The smallest absolute Gasteiger partial charge is 0.342 e. The molecule has 0 atom stereocenters. The Morgan fingerprint density at radius 2 is 2.24 bits per heavy atom. The van der Waals surface area contributed by atoms with Crippen molar-refractivity contribution in [2.45, 2.75) is 13.5 Å². The van der Waals surface area contributed by atoms with E-state index >= 15 is 0 Å². The summed E-state index contributed by atoms with van der Waals surface area (Å²) in [5, 5.41) is 22.2. The van der Waals surface area contributed by atoms with Gasteiger partial charge in [0.25, 0.3) is 5.88 Å². The summed E-state index contributed by atoms with van der Waals surface area (Å²) in [6.45, 7) is 1.22. The summed E-state index contributed by atoms with van der Waals surface area (Å²) >= 11 is 0. The van der Waals surface area contributed by atoms with Crippen LogP contribution in [0.3, 0.4) is 0 Å². The van der Waals surface area contributed by atoms with Crippen molar-refractivity contribution in [3.05, 3.63) is 34.8 Å². The molecule has 2 rings (SSSR count). The van der Waals surface area contributed by atoms with E-state index in [-0.39, 0.29) is 29.4 Å². The van der Waals surface area contributed by atoms with Gasteiger partial charge in [-0.25, -0.2) is 4.79 Å². The lowest BCUT2D eigenvalue weighted by Crippen LogP contribution is -2.04. The van der Waals surface area contributed by atoms with E-state index in [2.05, 4.69) is 10.1 Å². The van der Waals surface area contributed by atoms with Crippen molar-refractivity contribution in [3.63, 3.8) is 0 Å². The van der Waals surface area contributed by atoms with Gasteiger partial charge < -0.3 is 14.9 Å². The number of hydrogen-bond acceptors (Lipinski definition) is 6. The first-order chi connectivity index (χ1) is 9.97. The fourth-order valence-electron chi connectivity index (χ4n) is 1.81. The lowest BCUT2D eigenvalue weighted by molar-refractivity contribution is 0.0694. The molecule has 0 aliphatic rings. The minimum absolute atomic E-state index is 0.0813. The average molecular weight is 291 g/mol. The van der Waals surface area contributed by atoms with Crippen LogP contribution in [0.4, 0.5) is 0 Å². The zero-order valence-corrected chi connectivity index (χ0v) is 11.4. The average Bonchev–Trinajstić information content (AvgIpc) is 2.82. The number of carboxylic acids is 1. The van der Waals surface area contributed by atoms with Crippen LogP contribution in [0.5, 0.6) is 11.6 Å². The number of carboxylic acid groups (broad SMARTS) is 1. The molecule has 0 aromatic carbocycles. The van der Waals surface area contributed by atoms with Crippen molar-refractivity contribution in [2.75, 3.05) is 0 Å². The lowest BCUT2D eigenvalue weighted by Gasteiger charge is -2.11. The molecule has 0 fully saturated rings. The molecule has 0 saturated heterocycles. The second-order valence-corrected chi connectivity index (χ2v) is 4.32. The van der Waals surface area contributed by atoms with Gasteiger partial charge in [0.2, 0.25) is 0 Å². The number of aryl methyl sites for hydroxylation is 2. The fraction of sp³-hybridized carbons (Fsp3) is 0.231. The van der Waals surface area contributed by atoms with Gasteiger partial charge in [-0.2, -0.15) is 0 Å². The number of aliphatic hydroxyl groups is 1. The number of nitrogens with zero attached hydrogens (tertiary/aromatic N) is 3. The highest BCUT2D eigenvalue weighted by atomic mass is 16.5. The Labute approximate surface area is 119 Å². The van der Waals surface area contributed by atoms with E-state index < -0.39 is 5.97 Å². The Balaban J connectivity index is 2.54. The van der Waals surface area contributed by atoms with Crippen molar-refractivity contribution in [3.8, 4) is 11.6 Å². The first-order valence-corrected chi connectivity index (χ1v) is 5.97. The van der Waals surface area contributed by atoms with Crippen LogP contribution in [0.2, 0.25) is 0 Å². The Hall–Kier alpha value is -2.74. The highest BCUT2D eigenvalue weighted by molar-refractivity contribution is 5.90. The van der Waals surface area contributed by atoms with E-state index in [1.807, 2.05) is 0 Å². The molecular formula is C13H13N3O5. The number of aldehydes is 1. The highest BCUT2D eigenvalue weighted by Crippen LogP contribution is 2.30. The number of pyridine rings is 1. The molecule has 0 spiro atoms. The summed E-state index contributed by atoms with van der Waals surface area (Å²) in [6.07, 6.45) is 3.18. The number of carbonyl (C=O) groups is 2. The van der Waals surface area contributed by atoms with Gasteiger partial charge in [0.05, 0.1) is 17.9 Å². The number of aromatic nitrogens is 3. The maximum absolute atomic E-state index is 11.2. The summed E-state index contributed by atoms with van der Waals surface area (Å²) in [5.74, 6) is -1.26. The van der Waals surface area contributed by atoms with Gasteiger partial charge in [0, 0.05) is 25.0 Å². The molecule has 21 heavy (non-hydrogen) atoms. The normalized spacial score (nSPS) is 10.4. The first kappa shape index (κ1) is 14.7. The Morgan fingerprint density at radius 3 is 2.81 bits per heavy atom. The Kier molecular flexibility index (Phi) is 3.99. The number of hydrogen-bond donors (Lipinski definition) is 2. The van der Waals surface area contributed by atoms with Crippen LogP contribution < -0.4 is 4.74 Å². The predicted octanol–water partition coefficient (Wildman–Crippen LogP) is 0.919. The van der Waals surface area contributed by atoms with Crippen molar-refractivity contribution in [2.24, 2.45) is 7.05 Å². The van der Waals surface area contributed by atoms with Gasteiger partial charge in [-0.3, -0.25) is 14.5 Å². The molecule has 8 heteroatoms. The quantitative estimate of drug-likeness (QED) is 0.787. The van der Waals surface area contributed by atoms with Gasteiger partial charge in [0.15, 0.2) is 12.0 Å². The number of ether oxygens (including phenoxy) is 1. The number of aliphatic hydroxyl groups excluding tert-OH is 1. The molecule has 0 aliphatic heterocycles. The van der Waals surface area contributed by atoms with Crippen LogP contribution in [0.15, 0.2) is 12.4 Å². The molecule has 0 amide bonds. The van der Waals surface area contributed by atoms with Crippen LogP contribution in [0.25, 0.3) is 0 Å². The molecule has 8 nitrogen and oxygen atoms in total. The summed E-state index contributed by atoms with van der Waals surface area (Å²) in [5.41, 5.74) is 0.657. The van der Waals surface area contributed by atoms with Crippen molar-refractivity contribution in [1.82, 2.24) is 14.8 Å². The third kappa shape index (κ3) is 2.75. The molecule has 2 aromatic rings. The molecule has 0 aliphatic carbocycles. The highest BCUT2D eigenvalue weighted by Gasteiger charge is 2.20. The maximum atomic E-state index is 11.2. The zero-order chi connectivity index (χ0) is 15.6. The molecular weight excluding hydrogens is 278 g/mol. The molecule has 0 saturated carbocycles. The van der Waals surface area contributed by atoms with Gasteiger partial charge in [0.1, 0.15) is 5.56 Å². The van der Waals surface area contributed by atoms with E-state index in [9.17, 15) is 14.7 Å². The van der Waals surface area contributed by atoms with Crippen LogP contribution in [0, 0.1) is 6.92 Å². The van der Waals surface area contributed by atoms with Crippen LogP contribution >= 0.6 is 0 Å². The number of carbonyl (C=O) groups excluding carboxylic acids is 1. The monoisotopic (exact) mass is 291 g/mol. The predicted molar refractivity (Wildman–Crippen MR) is 70.5 cm³/mol. The van der Waals surface area contributed by atoms with Crippen LogP contribution in [0.1, 0.15) is 32.0 Å². The molecule has 0 unspecified atom stereocenters. The Bertz CT molecular complexity index is 708. The van der Waals surface area contributed by atoms with Gasteiger partial charge >= 0.3 is 5.97 Å². The minimum Gasteiger partial charge on any atom is -0.477 e. The SMILES string of the molecule is Cc1ncc(CO)c(C=O)c1Oc1nn(C)cc1C(=O)O. The molecule has 2 aromatic heterocycles. The van der Waals surface area contributed by atoms with E-state index in [0.717, 1.165) is 0 Å². The molecule has 2 N–H and O–H groups in total. The molecule has 0 radical (unpaired) electrons. The Morgan fingerprint density at radius 1 is 1.52 bits per heavy atom. The molecule has 2 heterocycles.